The number of carbonyl (C=O) groups is 1. The highest BCUT2D eigenvalue weighted by Gasteiger charge is 2.29. The zero-order valence-electron chi connectivity index (χ0n) is 17.3. The van der Waals surface area contributed by atoms with E-state index in [0.717, 1.165) is 5.56 Å². The molecule has 29 heavy (non-hydrogen) atoms. The molecule has 0 atom stereocenters. The summed E-state index contributed by atoms with van der Waals surface area (Å²) in [5.41, 5.74) is 3.54. The molecule has 1 heterocycles. The van der Waals surface area contributed by atoms with E-state index >= 15 is 0 Å². The number of aryl methyl sites for hydroxylation is 2. The van der Waals surface area contributed by atoms with Crippen molar-refractivity contribution < 1.29 is 13.2 Å². The summed E-state index contributed by atoms with van der Waals surface area (Å²) in [6, 6.07) is 14.8. The quantitative estimate of drug-likeness (QED) is 0.726. The minimum atomic E-state index is -3.47. The molecule has 7 heteroatoms. The van der Waals surface area contributed by atoms with Gasteiger partial charge in [0.2, 0.25) is 15.9 Å². The predicted octanol–water partition coefficient (Wildman–Crippen LogP) is 2.27. The molecule has 156 valence electrons. The molecule has 2 aromatic rings. The molecule has 2 aromatic carbocycles. The van der Waals surface area contributed by atoms with Crippen LogP contribution in [-0.2, 0) is 21.4 Å². The van der Waals surface area contributed by atoms with E-state index in [1.807, 2.05) is 11.9 Å². The topological polar surface area (TPSA) is 60.9 Å². The summed E-state index contributed by atoms with van der Waals surface area (Å²) in [6.45, 7) is 6.89. The monoisotopic (exact) mass is 415 g/mol. The lowest BCUT2D eigenvalue weighted by molar-refractivity contribution is -0.131. The van der Waals surface area contributed by atoms with Crippen LogP contribution in [-0.4, -0.2) is 68.2 Å². The Balaban J connectivity index is 1.53. The van der Waals surface area contributed by atoms with E-state index in [-0.39, 0.29) is 5.91 Å². The van der Waals surface area contributed by atoms with E-state index in [1.165, 1.54) is 15.4 Å². The molecule has 1 aliphatic heterocycles. The molecule has 0 unspecified atom stereocenters. The number of rotatable bonds is 6. The number of hydrogen-bond donors (Lipinski definition) is 0. The highest BCUT2D eigenvalue weighted by molar-refractivity contribution is 7.89. The summed E-state index contributed by atoms with van der Waals surface area (Å²) in [5, 5.41) is 0. The molecule has 1 fully saturated rings. The fraction of sp³-hybridized carbons (Fsp3) is 0.409. The Bertz CT molecular complexity index is 953. The Kier molecular flexibility index (Phi) is 6.72. The Hall–Kier alpha value is -2.22. The lowest BCUT2D eigenvalue weighted by Gasteiger charge is -2.34. The van der Waals surface area contributed by atoms with Crippen LogP contribution in [0.2, 0.25) is 0 Å². The largest absolute Gasteiger partial charge is 0.340 e. The summed E-state index contributed by atoms with van der Waals surface area (Å²) in [4.78, 5) is 16.7. The van der Waals surface area contributed by atoms with Gasteiger partial charge < -0.3 is 4.90 Å². The second-order valence-electron chi connectivity index (χ2n) is 7.67. The van der Waals surface area contributed by atoms with Gasteiger partial charge in [-0.2, -0.15) is 4.31 Å². The number of benzene rings is 2. The first-order chi connectivity index (χ1) is 13.8. The van der Waals surface area contributed by atoms with Gasteiger partial charge in [-0.25, -0.2) is 8.42 Å². The first kappa shape index (κ1) is 21.5. The molecule has 6 nitrogen and oxygen atoms in total. The molecule has 0 radical (unpaired) electrons. The average molecular weight is 416 g/mol. The van der Waals surface area contributed by atoms with Gasteiger partial charge >= 0.3 is 0 Å². The highest BCUT2D eigenvalue weighted by atomic mass is 32.2. The summed E-state index contributed by atoms with van der Waals surface area (Å²) in [7, 11) is -1.65. The molecule has 0 bridgehead atoms. The van der Waals surface area contributed by atoms with Crippen LogP contribution >= 0.6 is 0 Å². The van der Waals surface area contributed by atoms with Crippen LogP contribution in [0.3, 0.4) is 0 Å². The summed E-state index contributed by atoms with van der Waals surface area (Å²) in [5.74, 6) is 0.0457. The van der Waals surface area contributed by atoms with E-state index in [0.29, 0.717) is 44.2 Å². The van der Waals surface area contributed by atoms with Crippen molar-refractivity contribution in [3.8, 4) is 0 Å². The maximum Gasteiger partial charge on any atom is 0.243 e. The second-order valence-corrected chi connectivity index (χ2v) is 9.61. The van der Waals surface area contributed by atoms with Crippen molar-refractivity contribution in [3.05, 3.63) is 65.2 Å². The van der Waals surface area contributed by atoms with Gasteiger partial charge in [-0.05, 0) is 37.1 Å². The molecule has 1 saturated heterocycles. The number of nitrogens with zero attached hydrogens (tertiary/aromatic N) is 3. The number of sulfonamides is 1. The number of amides is 1. The van der Waals surface area contributed by atoms with Crippen LogP contribution in [0.1, 0.15) is 16.7 Å². The normalized spacial score (nSPS) is 16.0. The fourth-order valence-corrected chi connectivity index (χ4v) is 4.99. The number of likely N-dealkylation sites (N-methyl/N-ethyl adjacent to an activating group) is 1. The number of carbonyl (C=O) groups excluding carboxylic acids is 1. The van der Waals surface area contributed by atoms with Gasteiger partial charge in [0.1, 0.15) is 0 Å². The van der Waals surface area contributed by atoms with Crippen molar-refractivity contribution in [3.63, 3.8) is 0 Å². The van der Waals surface area contributed by atoms with Gasteiger partial charge in [-0.1, -0.05) is 42.0 Å². The predicted molar refractivity (Wildman–Crippen MR) is 114 cm³/mol. The standard InChI is InChI=1S/C22H29N3O3S/c1-18-9-10-20(19(2)15-18)16-23(3)22(26)17-24-11-13-25(14-12-24)29(27,28)21-7-5-4-6-8-21/h4-10,15H,11-14,16-17H2,1-3H3. The molecular formula is C22H29N3O3S. The molecule has 0 spiro atoms. The average Bonchev–Trinajstić information content (AvgIpc) is 2.71. The van der Waals surface area contributed by atoms with Gasteiger partial charge in [-0.3, -0.25) is 9.69 Å². The van der Waals surface area contributed by atoms with E-state index in [2.05, 4.69) is 32.0 Å². The van der Waals surface area contributed by atoms with Crippen molar-refractivity contribution in [2.45, 2.75) is 25.3 Å². The highest BCUT2D eigenvalue weighted by Crippen LogP contribution is 2.17. The SMILES string of the molecule is Cc1ccc(CN(C)C(=O)CN2CCN(S(=O)(=O)c3ccccc3)CC2)c(C)c1. The third-order valence-electron chi connectivity index (χ3n) is 5.40. The minimum absolute atomic E-state index is 0.0457. The van der Waals surface area contributed by atoms with E-state index in [9.17, 15) is 13.2 Å². The number of piperazine rings is 1. The van der Waals surface area contributed by atoms with E-state index in [1.54, 1.807) is 35.2 Å². The van der Waals surface area contributed by atoms with Crippen LogP contribution in [0.15, 0.2) is 53.4 Å². The van der Waals surface area contributed by atoms with Gasteiger partial charge in [-0.15, -0.1) is 0 Å². The summed E-state index contributed by atoms with van der Waals surface area (Å²) in [6.07, 6.45) is 0. The molecule has 1 aliphatic rings. The second kappa shape index (κ2) is 9.07. The minimum Gasteiger partial charge on any atom is -0.340 e. The Morgan fingerprint density at radius 3 is 2.28 bits per heavy atom. The third kappa shape index (κ3) is 5.23. The Labute approximate surface area is 173 Å². The van der Waals surface area contributed by atoms with Gasteiger partial charge in [0, 0.05) is 39.8 Å². The van der Waals surface area contributed by atoms with Crippen LogP contribution in [0, 0.1) is 13.8 Å². The zero-order chi connectivity index (χ0) is 21.0. The van der Waals surface area contributed by atoms with Crippen LogP contribution in [0.5, 0.6) is 0 Å². The maximum absolute atomic E-state index is 12.7. The summed E-state index contributed by atoms with van der Waals surface area (Å²) >= 11 is 0. The zero-order valence-corrected chi connectivity index (χ0v) is 18.2. The van der Waals surface area contributed by atoms with Crippen LogP contribution in [0.4, 0.5) is 0 Å². The molecule has 3 rings (SSSR count). The van der Waals surface area contributed by atoms with Gasteiger partial charge in [0.25, 0.3) is 0 Å². The van der Waals surface area contributed by atoms with E-state index < -0.39 is 10.0 Å². The Morgan fingerprint density at radius 1 is 1.00 bits per heavy atom. The van der Waals surface area contributed by atoms with Crippen LogP contribution < -0.4 is 0 Å². The van der Waals surface area contributed by atoms with Crippen molar-refractivity contribution in [1.82, 2.24) is 14.1 Å². The van der Waals surface area contributed by atoms with Gasteiger partial charge in [0.15, 0.2) is 0 Å². The third-order valence-corrected chi connectivity index (χ3v) is 7.32. The van der Waals surface area contributed by atoms with Crippen molar-refractivity contribution in [1.29, 1.82) is 0 Å². The number of hydrogen-bond acceptors (Lipinski definition) is 4. The molecular weight excluding hydrogens is 386 g/mol. The fourth-order valence-electron chi connectivity index (χ4n) is 3.55. The van der Waals surface area contributed by atoms with Crippen molar-refractivity contribution in [2.24, 2.45) is 0 Å². The Morgan fingerprint density at radius 2 is 1.66 bits per heavy atom. The maximum atomic E-state index is 12.7. The van der Waals surface area contributed by atoms with Crippen molar-refractivity contribution in [2.75, 3.05) is 39.8 Å². The first-order valence-corrected chi connectivity index (χ1v) is 11.3. The molecule has 0 aliphatic carbocycles. The lowest BCUT2D eigenvalue weighted by Crippen LogP contribution is -2.51. The van der Waals surface area contributed by atoms with Crippen molar-refractivity contribution >= 4 is 15.9 Å². The smallest absolute Gasteiger partial charge is 0.243 e. The molecule has 0 N–H and O–H groups in total. The van der Waals surface area contributed by atoms with Crippen LogP contribution in [0.25, 0.3) is 0 Å². The summed E-state index contributed by atoms with van der Waals surface area (Å²) < 4.78 is 26.9. The van der Waals surface area contributed by atoms with Gasteiger partial charge in [0.05, 0.1) is 11.4 Å². The first-order valence-electron chi connectivity index (χ1n) is 9.85. The molecule has 0 saturated carbocycles. The molecule has 1 amide bonds. The molecule has 0 aromatic heterocycles. The lowest BCUT2D eigenvalue weighted by atomic mass is 10.1. The van der Waals surface area contributed by atoms with E-state index in [4.69, 9.17) is 0 Å².